The summed E-state index contributed by atoms with van der Waals surface area (Å²) in [7, 11) is 0. The lowest BCUT2D eigenvalue weighted by atomic mass is 10.1. The van der Waals surface area contributed by atoms with Crippen molar-refractivity contribution in [2.45, 2.75) is 6.42 Å². The second kappa shape index (κ2) is 8.53. The molecule has 2 aromatic rings. The lowest BCUT2D eigenvalue weighted by Gasteiger charge is -2.09. The van der Waals surface area contributed by atoms with Crippen LogP contribution in [0.5, 0.6) is 0 Å². The minimum Gasteiger partial charge on any atom is -0.384 e. The Balaban J connectivity index is 2.10. The number of thiocarbonyl (C=S) groups is 1. The summed E-state index contributed by atoms with van der Waals surface area (Å²) in [6, 6.07) is 8.39. The summed E-state index contributed by atoms with van der Waals surface area (Å²) in [5.74, 6) is 0. The van der Waals surface area contributed by atoms with E-state index in [2.05, 4.69) is 33.0 Å². The second-order valence-electron chi connectivity index (χ2n) is 4.80. The molecule has 0 atom stereocenters. The fraction of sp³-hybridized carbons (Fsp3) is 0.133. The quantitative estimate of drug-likeness (QED) is 0.303. The van der Waals surface area contributed by atoms with Gasteiger partial charge in [0, 0.05) is 42.3 Å². The molecule has 124 valence electrons. The molecular formula is C15H16N6O2S. The Bertz CT molecular complexity index is 751. The van der Waals surface area contributed by atoms with Crippen molar-refractivity contribution >= 4 is 34.9 Å². The van der Waals surface area contributed by atoms with Gasteiger partial charge in [0.2, 0.25) is 0 Å². The number of nitrogens with zero attached hydrogens (tertiary/aromatic N) is 3. The van der Waals surface area contributed by atoms with Gasteiger partial charge in [-0.15, -0.1) is 0 Å². The average molecular weight is 344 g/mol. The van der Waals surface area contributed by atoms with E-state index in [0.29, 0.717) is 12.1 Å². The van der Waals surface area contributed by atoms with Gasteiger partial charge in [-0.25, -0.2) is 0 Å². The molecule has 9 heteroatoms. The predicted octanol–water partition coefficient (Wildman–Crippen LogP) is 1.81. The van der Waals surface area contributed by atoms with E-state index in [-0.39, 0.29) is 10.8 Å². The first-order valence-electron chi connectivity index (χ1n) is 7.06. The van der Waals surface area contributed by atoms with Crippen molar-refractivity contribution in [2.75, 3.05) is 11.9 Å². The van der Waals surface area contributed by atoms with Crippen LogP contribution in [0.3, 0.4) is 0 Å². The van der Waals surface area contributed by atoms with E-state index in [1.807, 2.05) is 12.1 Å². The first-order valence-corrected chi connectivity index (χ1v) is 7.47. The minimum atomic E-state index is -0.459. The SMILES string of the molecule is NC(=S)NN=Cc1cc([N+](=O)[O-])ccc1NCCc1ccncc1. The molecular weight excluding hydrogens is 328 g/mol. The highest BCUT2D eigenvalue weighted by molar-refractivity contribution is 7.80. The number of nitrogens with two attached hydrogens (primary N) is 1. The van der Waals surface area contributed by atoms with Gasteiger partial charge in [0.25, 0.3) is 5.69 Å². The average Bonchev–Trinajstić information content (AvgIpc) is 2.56. The summed E-state index contributed by atoms with van der Waals surface area (Å²) in [6.07, 6.45) is 5.70. The molecule has 1 heterocycles. The minimum absolute atomic E-state index is 0.0175. The molecule has 4 N–H and O–H groups in total. The van der Waals surface area contributed by atoms with Gasteiger partial charge in [-0.3, -0.25) is 20.5 Å². The summed E-state index contributed by atoms with van der Waals surface area (Å²) in [5.41, 5.74) is 10.1. The van der Waals surface area contributed by atoms with Crippen molar-refractivity contribution in [3.8, 4) is 0 Å². The number of benzene rings is 1. The Morgan fingerprint density at radius 2 is 2.12 bits per heavy atom. The van der Waals surface area contributed by atoms with E-state index in [1.54, 1.807) is 18.5 Å². The van der Waals surface area contributed by atoms with Crippen molar-refractivity contribution in [1.82, 2.24) is 10.4 Å². The van der Waals surface area contributed by atoms with Crippen molar-refractivity contribution in [1.29, 1.82) is 0 Å². The Hall–Kier alpha value is -3.07. The van der Waals surface area contributed by atoms with Gasteiger partial charge >= 0.3 is 0 Å². The van der Waals surface area contributed by atoms with E-state index in [9.17, 15) is 10.1 Å². The molecule has 0 unspecified atom stereocenters. The Morgan fingerprint density at radius 1 is 1.38 bits per heavy atom. The highest BCUT2D eigenvalue weighted by atomic mass is 32.1. The van der Waals surface area contributed by atoms with Crippen LogP contribution in [0, 0.1) is 10.1 Å². The van der Waals surface area contributed by atoms with E-state index in [0.717, 1.165) is 17.7 Å². The van der Waals surface area contributed by atoms with Gasteiger partial charge in [0.1, 0.15) is 0 Å². The van der Waals surface area contributed by atoms with E-state index < -0.39 is 4.92 Å². The molecule has 0 spiro atoms. The molecule has 0 saturated carbocycles. The third kappa shape index (κ3) is 5.29. The molecule has 0 saturated heterocycles. The Labute approximate surface area is 143 Å². The van der Waals surface area contributed by atoms with Gasteiger partial charge < -0.3 is 11.1 Å². The third-order valence-corrected chi connectivity index (χ3v) is 3.19. The number of hydrazone groups is 1. The summed E-state index contributed by atoms with van der Waals surface area (Å²) in [6.45, 7) is 0.658. The molecule has 0 aliphatic carbocycles. The fourth-order valence-corrected chi connectivity index (χ4v) is 2.04. The number of pyridine rings is 1. The van der Waals surface area contributed by atoms with Crippen LogP contribution in [-0.4, -0.2) is 27.8 Å². The number of nitrogens with one attached hydrogen (secondary N) is 2. The second-order valence-corrected chi connectivity index (χ2v) is 5.23. The number of non-ortho nitro benzene ring substituents is 1. The molecule has 8 nitrogen and oxygen atoms in total. The third-order valence-electron chi connectivity index (χ3n) is 3.10. The smallest absolute Gasteiger partial charge is 0.270 e. The zero-order chi connectivity index (χ0) is 17.4. The number of aromatic nitrogens is 1. The largest absolute Gasteiger partial charge is 0.384 e. The lowest BCUT2D eigenvalue weighted by molar-refractivity contribution is -0.384. The van der Waals surface area contributed by atoms with Gasteiger partial charge in [-0.1, -0.05) is 0 Å². The van der Waals surface area contributed by atoms with Crippen LogP contribution in [-0.2, 0) is 6.42 Å². The fourth-order valence-electron chi connectivity index (χ4n) is 1.99. The highest BCUT2D eigenvalue weighted by Crippen LogP contribution is 2.20. The van der Waals surface area contributed by atoms with Crippen LogP contribution >= 0.6 is 12.2 Å². The van der Waals surface area contributed by atoms with Gasteiger partial charge in [-0.2, -0.15) is 5.10 Å². The normalized spacial score (nSPS) is 10.5. The Kier molecular flexibility index (Phi) is 6.15. The summed E-state index contributed by atoms with van der Waals surface area (Å²) < 4.78 is 0. The standard InChI is InChI=1S/C15H16N6O2S/c16-15(24)20-19-10-12-9-13(21(22)23)1-2-14(12)18-8-5-11-3-6-17-7-4-11/h1-4,6-7,9-10,18H,5,8H2,(H3,16,20,24). The highest BCUT2D eigenvalue weighted by Gasteiger charge is 2.09. The van der Waals surface area contributed by atoms with E-state index in [4.69, 9.17) is 5.73 Å². The zero-order valence-electron chi connectivity index (χ0n) is 12.7. The number of anilines is 1. The Morgan fingerprint density at radius 3 is 2.79 bits per heavy atom. The first kappa shape index (κ1) is 17.3. The number of hydrogen-bond acceptors (Lipinski definition) is 6. The maximum Gasteiger partial charge on any atom is 0.270 e. The van der Waals surface area contributed by atoms with Crippen LogP contribution in [0.2, 0.25) is 0 Å². The molecule has 0 aliphatic rings. The van der Waals surface area contributed by atoms with Crippen LogP contribution in [0.15, 0.2) is 47.8 Å². The topological polar surface area (TPSA) is 118 Å². The van der Waals surface area contributed by atoms with Gasteiger partial charge in [0.05, 0.1) is 11.1 Å². The van der Waals surface area contributed by atoms with Crippen molar-refractivity contribution in [3.63, 3.8) is 0 Å². The predicted molar refractivity (Wildman–Crippen MR) is 97.0 cm³/mol. The molecule has 0 radical (unpaired) electrons. The number of nitro benzene ring substituents is 1. The number of nitro groups is 1. The molecule has 0 amide bonds. The molecule has 24 heavy (non-hydrogen) atoms. The van der Waals surface area contributed by atoms with Crippen molar-refractivity contribution in [2.24, 2.45) is 10.8 Å². The van der Waals surface area contributed by atoms with E-state index in [1.165, 1.54) is 18.3 Å². The van der Waals surface area contributed by atoms with Crippen LogP contribution in [0.25, 0.3) is 0 Å². The number of rotatable bonds is 7. The van der Waals surface area contributed by atoms with Crippen molar-refractivity contribution in [3.05, 3.63) is 64.0 Å². The molecule has 1 aromatic carbocycles. The number of hydrogen-bond donors (Lipinski definition) is 3. The molecule has 0 bridgehead atoms. The maximum atomic E-state index is 10.9. The molecule has 2 rings (SSSR count). The van der Waals surface area contributed by atoms with E-state index >= 15 is 0 Å². The van der Waals surface area contributed by atoms with Crippen LogP contribution in [0.1, 0.15) is 11.1 Å². The van der Waals surface area contributed by atoms with Crippen molar-refractivity contribution < 1.29 is 4.92 Å². The summed E-state index contributed by atoms with van der Waals surface area (Å²) >= 11 is 4.66. The molecule has 0 fully saturated rings. The first-order chi connectivity index (χ1) is 11.6. The lowest BCUT2D eigenvalue weighted by Crippen LogP contribution is -2.24. The van der Waals surface area contributed by atoms with Crippen LogP contribution in [0.4, 0.5) is 11.4 Å². The van der Waals surface area contributed by atoms with Gasteiger partial charge in [0.15, 0.2) is 5.11 Å². The summed E-state index contributed by atoms with van der Waals surface area (Å²) in [5, 5.41) is 18.0. The summed E-state index contributed by atoms with van der Waals surface area (Å²) in [4.78, 5) is 14.4. The monoisotopic (exact) mass is 344 g/mol. The van der Waals surface area contributed by atoms with Crippen LogP contribution < -0.4 is 16.5 Å². The molecule has 0 aliphatic heterocycles. The van der Waals surface area contributed by atoms with Gasteiger partial charge in [-0.05, 0) is 42.4 Å². The zero-order valence-corrected chi connectivity index (χ0v) is 13.5. The maximum absolute atomic E-state index is 10.9. The molecule has 1 aromatic heterocycles.